The molecular weight excluding hydrogens is 244 g/mol. The fraction of sp³-hybridized carbons (Fsp3) is 0.357. The van der Waals surface area contributed by atoms with Gasteiger partial charge >= 0.3 is 0 Å². The molecule has 3 nitrogen and oxygen atoms in total. The quantitative estimate of drug-likeness (QED) is 0.867. The number of nitrogens with one attached hydrogen (secondary N) is 1. The maximum Gasteiger partial charge on any atom is 0.133 e. The Morgan fingerprint density at radius 2 is 2.22 bits per heavy atom. The average molecular weight is 262 g/mol. The summed E-state index contributed by atoms with van der Waals surface area (Å²) in [4.78, 5) is 4.35. The predicted molar refractivity (Wildman–Crippen MR) is 79.4 cm³/mol. The van der Waals surface area contributed by atoms with E-state index in [2.05, 4.69) is 23.5 Å². The number of aromatic hydroxyl groups is 1. The van der Waals surface area contributed by atoms with Crippen LogP contribution < -0.4 is 5.32 Å². The molecule has 0 aliphatic heterocycles. The van der Waals surface area contributed by atoms with Gasteiger partial charge in [0, 0.05) is 18.1 Å². The summed E-state index contributed by atoms with van der Waals surface area (Å²) >= 11 is 1.85. The van der Waals surface area contributed by atoms with Crippen LogP contribution in [-0.2, 0) is 0 Å². The first-order valence-corrected chi connectivity index (χ1v) is 7.40. The Morgan fingerprint density at radius 3 is 3.00 bits per heavy atom. The van der Waals surface area contributed by atoms with Gasteiger partial charge in [-0.25, -0.2) is 4.98 Å². The second kappa shape index (κ2) is 5.96. The zero-order chi connectivity index (χ0) is 13.0. The van der Waals surface area contributed by atoms with Crippen molar-refractivity contribution >= 4 is 28.4 Å². The molecule has 18 heavy (non-hydrogen) atoms. The van der Waals surface area contributed by atoms with Crippen LogP contribution in [0.3, 0.4) is 0 Å². The number of phenolic OH excluding ortho intramolecular Hbond substituents is 1. The normalized spacial score (nSPS) is 12.6. The Kier molecular flexibility index (Phi) is 4.31. The lowest BCUT2D eigenvalue weighted by molar-refractivity contribution is 0.476. The second-order valence-electron chi connectivity index (χ2n) is 4.51. The van der Waals surface area contributed by atoms with Crippen molar-refractivity contribution in [1.29, 1.82) is 0 Å². The average Bonchev–Trinajstić information content (AvgIpc) is 2.36. The molecule has 0 spiro atoms. The van der Waals surface area contributed by atoms with E-state index in [0.717, 1.165) is 28.9 Å². The highest BCUT2D eigenvalue weighted by molar-refractivity contribution is 7.98. The largest absolute Gasteiger partial charge is 0.508 e. The van der Waals surface area contributed by atoms with Gasteiger partial charge < -0.3 is 10.4 Å². The summed E-state index contributed by atoms with van der Waals surface area (Å²) in [6.45, 7) is 3.11. The molecular formula is C14H18N2OS. The number of anilines is 1. The monoisotopic (exact) mass is 262 g/mol. The first-order valence-electron chi connectivity index (χ1n) is 6.01. The van der Waals surface area contributed by atoms with Crippen molar-refractivity contribution in [2.24, 2.45) is 5.92 Å². The minimum atomic E-state index is 0.274. The molecule has 0 saturated carbocycles. The number of hydrogen-bond donors (Lipinski definition) is 2. The maximum atomic E-state index is 9.56. The van der Waals surface area contributed by atoms with E-state index in [1.807, 2.05) is 23.9 Å². The van der Waals surface area contributed by atoms with E-state index >= 15 is 0 Å². The first kappa shape index (κ1) is 13.0. The van der Waals surface area contributed by atoms with Gasteiger partial charge in [-0.15, -0.1) is 0 Å². The van der Waals surface area contributed by atoms with Gasteiger partial charge in [0.2, 0.25) is 0 Å². The van der Waals surface area contributed by atoms with Gasteiger partial charge in [0.1, 0.15) is 11.6 Å². The summed E-state index contributed by atoms with van der Waals surface area (Å²) < 4.78 is 0. The van der Waals surface area contributed by atoms with Crippen molar-refractivity contribution in [1.82, 2.24) is 4.98 Å². The Labute approximate surface area is 112 Å². The molecule has 96 valence electrons. The van der Waals surface area contributed by atoms with Crippen LogP contribution in [0.5, 0.6) is 5.75 Å². The maximum absolute atomic E-state index is 9.56. The van der Waals surface area contributed by atoms with E-state index in [4.69, 9.17) is 0 Å². The number of pyridine rings is 1. The Balaban J connectivity index is 2.19. The molecule has 2 aromatic rings. The van der Waals surface area contributed by atoms with Crippen LogP contribution in [0.25, 0.3) is 10.8 Å². The summed E-state index contributed by atoms with van der Waals surface area (Å²) in [6.07, 6.45) is 3.91. The molecule has 4 heteroatoms. The number of nitrogens with zero attached hydrogens (tertiary/aromatic N) is 1. The fourth-order valence-corrected chi connectivity index (χ4v) is 2.60. The van der Waals surface area contributed by atoms with Crippen LogP contribution in [0.4, 0.5) is 5.82 Å². The molecule has 1 aromatic carbocycles. The van der Waals surface area contributed by atoms with Crippen LogP contribution >= 0.6 is 11.8 Å². The minimum absolute atomic E-state index is 0.274. The van der Waals surface area contributed by atoms with Crippen molar-refractivity contribution in [3.8, 4) is 5.75 Å². The standard InChI is InChI=1S/C14H18N2OS/c1-10(9-18-2)8-16-14-13-7-12(17)4-3-11(13)5-6-15-14/h3-7,10,17H,8-9H2,1-2H3,(H,15,16). The molecule has 0 aliphatic carbocycles. The smallest absolute Gasteiger partial charge is 0.133 e. The van der Waals surface area contributed by atoms with E-state index in [1.54, 1.807) is 18.3 Å². The molecule has 2 rings (SSSR count). The first-order chi connectivity index (χ1) is 8.70. The number of phenols is 1. The molecule has 2 N–H and O–H groups in total. The van der Waals surface area contributed by atoms with Gasteiger partial charge in [-0.2, -0.15) is 11.8 Å². The molecule has 0 bridgehead atoms. The van der Waals surface area contributed by atoms with Gasteiger partial charge in [0.25, 0.3) is 0 Å². The molecule has 0 fully saturated rings. The highest BCUT2D eigenvalue weighted by Gasteiger charge is 2.05. The second-order valence-corrected chi connectivity index (χ2v) is 5.42. The Hall–Kier alpha value is -1.42. The third-order valence-corrected chi connectivity index (χ3v) is 3.72. The zero-order valence-electron chi connectivity index (χ0n) is 10.7. The number of rotatable bonds is 5. The van der Waals surface area contributed by atoms with Crippen LogP contribution in [0.15, 0.2) is 30.5 Å². The summed E-state index contributed by atoms with van der Waals surface area (Å²) in [5.41, 5.74) is 0. The van der Waals surface area contributed by atoms with Crippen molar-refractivity contribution in [3.63, 3.8) is 0 Å². The van der Waals surface area contributed by atoms with E-state index in [1.165, 1.54) is 0 Å². The molecule has 0 aliphatic rings. The predicted octanol–water partition coefficient (Wildman–Crippen LogP) is 3.35. The molecule has 1 heterocycles. The lowest BCUT2D eigenvalue weighted by Crippen LogP contribution is -2.14. The number of aromatic nitrogens is 1. The highest BCUT2D eigenvalue weighted by atomic mass is 32.2. The third kappa shape index (κ3) is 3.07. The summed E-state index contributed by atoms with van der Waals surface area (Å²) in [7, 11) is 0. The molecule has 0 saturated heterocycles. The van der Waals surface area contributed by atoms with Crippen LogP contribution in [-0.4, -0.2) is 28.6 Å². The van der Waals surface area contributed by atoms with Crippen LogP contribution in [0.1, 0.15) is 6.92 Å². The molecule has 1 unspecified atom stereocenters. The Bertz CT molecular complexity index is 530. The number of benzene rings is 1. The van der Waals surface area contributed by atoms with E-state index in [-0.39, 0.29) is 5.75 Å². The van der Waals surface area contributed by atoms with Crippen LogP contribution in [0, 0.1) is 5.92 Å². The Morgan fingerprint density at radius 1 is 1.39 bits per heavy atom. The van der Waals surface area contributed by atoms with Gasteiger partial charge in [-0.05, 0) is 41.5 Å². The summed E-state index contributed by atoms with van der Waals surface area (Å²) in [5.74, 6) is 2.84. The minimum Gasteiger partial charge on any atom is -0.508 e. The topological polar surface area (TPSA) is 45.2 Å². The molecule has 0 amide bonds. The lowest BCUT2D eigenvalue weighted by Gasteiger charge is -2.13. The molecule has 1 atom stereocenters. The lowest BCUT2D eigenvalue weighted by atomic mass is 10.1. The van der Waals surface area contributed by atoms with E-state index < -0.39 is 0 Å². The fourth-order valence-electron chi connectivity index (χ4n) is 1.91. The number of fused-ring (bicyclic) bond motifs is 1. The third-order valence-electron chi connectivity index (χ3n) is 2.82. The molecule has 1 aromatic heterocycles. The summed E-state index contributed by atoms with van der Waals surface area (Å²) in [5, 5.41) is 15.0. The highest BCUT2D eigenvalue weighted by Crippen LogP contribution is 2.25. The zero-order valence-corrected chi connectivity index (χ0v) is 11.5. The van der Waals surface area contributed by atoms with Crippen molar-refractivity contribution in [2.75, 3.05) is 23.9 Å². The van der Waals surface area contributed by atoms with Crippen molar-refractivity contribution in [3.05, 3.63) is 30.5 Å². The number of hydrogen-bond acceptors (Lipinski definition) is 4. The van der Waals surface area contributed by atoms with Gasteiger partial charge in [0.05, 0.1) is 0 Å². The van der Waals surface area contributed by atoms with Gasteiger partial charge in [0.15, 0.2) is 0 Å². The number of thioether (sulfide) groups is 1. The van der Waals surface area contributed by atoms with Gasteiger partial charge in [-0.3, -0.25) is 0 Å². The van der Waals surface area contributed by atoms with Gasteiger partial charge in [-0.1, -0.05) is 13.0 Å². The van der Waals surface area contributed by atoms with E-state index in [0.29, 0.717) is 5.92 Å². The van der Waals surface area contributed by atoms with Crippen LogP contribution in [0.2, 0.25) is 0 Å². The van der Waals surface area contributed by atoms with E-state index in [9.17, 15) is 5.11 Å². The summed E-state index contributed by atoms with van der Waals surface area (Å²) in [6, 6.07) is 7.31. The van der Waals surface area contributed by atoms with Crippen molar-refractivity contribution < 1.29 is 5.11 Å². The SMILES string of the molecule is CSCC(C)CNc1nccc2ccc(O)cc12. The van der Waals surface area contributed by atoms with Crippen molar-refractivity contribution in [2.45, 2.75) is 6.92 Å². The molecule has 0 radical (unpaired) electrons.